The minimum Gasteiger partial charge on any atom is -0.426 e. The number of rotatable bonds is 2. The molecule has 3 heteroatoms. The summed E-state index contributed by atoms with van der Waals surface area (Å²) in [5.41, 5.74) is 4.27. The highest BCUT2D eigenvalue weighted by Crippen LogP contribution is 2.60. The summed E-state index contributed by atoms with van der Waals surface area (Å²) in [5, 5.41) is 0. The second-order valence-electron chi connectivity index (χ2n) is 8.64. The van der Waals surface area contributed by atoms with E-state index in [-0.39, 0.29) is 23.6 Å². The minimum absolute atomic E-state index is 0.191. The maximum Gasteiger partial charge on any atom is 0.323 e. The number of benzene rings is 3. The number of aryl methyl sites for hydroxylation is 2. The third-order valence-corrected chi connectivity index (χ3v) is 6.73. The van der Waals surface area contributed by atoms with Gasteiger partial charge in [-0.25, -0.2) is 0 Å². The Hall–Kier alpha value is -3.20. The van der Waals surface area contributed by atoms with Crippen LogP contribution in [0.1, 0.15) is 52.5 Å². The molecule has 1 heterocycles. The monoisotopic (exact) mass is 396 g/mol. The molecule has 1 fully saturated rings. The molecule has 0 radical (unpaired) electrons. The van der Waals surface area contributed by atoms with Gasteiger partial charge in [0.15, 0.2) is 0 Å². The highest BCUT2D eigenvalue weighted by atomic mass is 16.5. The maximum absolute atomic E-state index is 13.7. The SMILES string of the molecule is Cc1cccc([C@H]2CC(=O)C[C@H](c3cccc(C)c3)C23C(=O)Oc2ccccc23)c1. The molecule has 0 amide bonds. The Morgan fingerprint density at radius 1 is 0.767 bits per heavy atom. The van der Waals surface area contributed by atoms with Gasteiger partial charge in [0.2, 0.25) is 0 Å². The van der Waals surface area contributed by atoms with Crippen LogP contribution in [0.4, 0.5) is 0 Å². The van der Waals surface area contributed by atoms with Crippen molar-refractivity contribution in [3.63, 3.8) is 0 Å². The van der Waals surface area contributed by atoms with Crippen molar-refractivity contribution in [2.45, 2.75) is 43.9 Å². The molecule has 30 heavy (non-hydrogen) atoms. The smallest absolute Gasteiger partial charge is 0.323 e. The van der Waals surface area contributed by atoms with Gasteiger partial charge in [-0.15, -0.1) is 0 Å². The number of ether oxygens (including phenoxy) is 1. The third-order valence-electron chi connectivity index (χ3n) is 6.73. The fourth-order valence-corrected chi connectivity index (χ4v) is 5.49. The number of hydrogen-bond donors (Lipinski definition) is 0. The van der Waals surface area contributed by atoms with Gasteiger partial charge >= 0.3 is 5.97 Å². The van der Waals surface area contributed by atoms with Crippen molar-refractivity contribution in [1.82, 2.24) is 0 Å². The molecule has 1 aliphatic carbocycles. The average Bonchev–Trinajstić information content (AvgIpc) is 3.02. The van der Waals surface area contributed by atoms with Crippen LogP contribution in [-0.2, 0) is 15.0 Å². The zero-order valence-corrected chi connectivity index (χ0v) is 17.2. The van der Waals surface area contributed by atoms with Crippen molar-refractivity contribution >= 4 is 11.8 Å². The number of Topliss-reactive ketones (excluding diaryl/α,β-unsaturated/α-hetero) is 1. The lowest BCUT2D eigenvalue weighted by atomic mass is 9.54. The quantitative estimate of drug-likeness (QED) is 0.431. The summed E-state index contributed by atoms with van der Waals surface area (Å²) in [6, 6.07) is 24.1. The summed E-state index contributed by atoms with van der Waals surface area (Å²) in [5.74, 6) is 0.0396. The van der Waals surface area contributed by atoms with Crippen LogP contribution in [0.2, 0.25) is 0 Å². The molecule has 1 aliphatic heterocycles. The van der Waals surface area contributed by atoms with E-state index in [2.05, 4.69) is 12.1 Å². The average molecular weight is 396 g/mol. The molecule has 0 N–H and O–H groups in total. The van der Waals surface area contributed by atoms with Gasteiger partial charge in [-0.05, 0) is 31.0 Å². The molecule has 3 aromatic carbocycles. The first-order valence-electron chi connectivity index (χ1n) is 10.5. The molecule has 0 unspecified atom stereocenters. The maximum atomic E-state index is 13.7. The number of esters is 1. The fourth-order valence-electron chi connectivity index (χ4n) is 5.49. The van der Waals surface area contributed by atoms with E-state index >= 15 is 0 Å². The van der Waals surface area contributed by atoms with Crippen molar-refractivity contribution in [3.8, 4) is 5.75 Å². The van der Waals surface area contributed by atoms with Gasteiger partial charge in [0.05, 0.1) is 0 Å². The summed E-state index contributed by atoms with van der Waals surface area (Å²) in [6.45, 7) is 4.08. The van der Waals surface area contributed by atoms with Crippen molar-refractivity contribution < 1.29 is 14.3 Å². The molecule has 0 bridgehead atoms. The lowest BCUT2D eigenvalue weighted by Gasteiger charge is -2.45. The van der Waals surface area contributed by atoms with Crippen molar-refractivity contribution in [3.05, 3.63) is 101 Å². The Balaban J connectivity index is 1.81. The van der Waals surface area contributed by atoms with E-state index in [9.17, 15) is 9.59 Å². The van der Waals surface area contributed by atoms with E-state index in [4.69, 9.17) is 4.74 Å². The molecule has 3 nitrogen and oxygen atoms in total. The van der Waals surface area contributed by atoms with Gasteiger partial charge in [-0.2, -0.15) is 0 Å². The molecular weight excluding hydrogens is 372 g/mol. The van der Waals surface area contributed by atoms with Crippen LogP contribution in [0.15, 0.2) is 72.8 Å². The fraction of sp³-hybridized carbons (Fsp3) is 0.259. The number of carbonyl (C=O) groups excluding carboxylic acids is 2. The molecule has 1 saturated carbocycles. The van der Waals surface area contributed by atoms with Crippen LogP contribution in [0.3, 0.4) is 0 Å². The number of para-hydroxylation sites is 1. The van der Waals surface area contributed by atoms with E-state index in [1.54, 1.807) is 0 Å². The Kier molecular flexibility index (Phi) is 4.35. The standard InChI is InChI=1S/C27H24O3/c1-17-7-5-9-19(13-17)23-15-21(28)16-24(20-10-6-8-18(2)14-20)27(23)22-11-3-4-12-25(22)30-26(27)29/h3-14,23-24H,15-16H2,1-2H3/t23-,24-/m1/s1. The second kappa shape index (κ2) is 6.94. The molecule has 0 aromatic heterocycles. The first kappa shape index (κ1) is 18.8. The van der Waals surface area contributed by atoms with Gasteiger partial charge in [0.1, 0.15) is 16.9 Å². The molecule has 5 rings (SSSR count). The minimum atomic E-state index is -0.911. The van der Waals surface area contributed by atoms with E-state index in [0.717, 1.165) is 27.8 Å². The van der Waals surface area contributed by atoms with Gasteiger partial charge in [-0.1, -0.05) is 77.9 Å². The Labute approximate surface area is 176 Å². The van der Waals surface area contributed by atoms with Crippen molar-refractivity contribution in [1.29, 1.82) is 0 Å². The summed E-state index contributed by atoms with van der Waals surface area (Å²) in [7, 11) is 0. The lowest BCUT2D eigenvalue weighted by Crippen LogP contribution is -2.49. The normalized spacial score (nSPS) is 22.1. The second-order valence-corrected chi connectivity index (χ2v) is 8.64. The summed E-state index contributed by atoms with van der Waals surface area (Å²) < 4.78 is 5.85. The van der Waals surface area contributed by atoms with Crippen LogP contribution in [0.5, 0.6) is 5.75 Å². The Bertz CT molecular complexity index is 1100. The summed E-state index contributed by atoms with van der Waals surface area (Å²) in [6.07, 6.45) is 0.685. The number of hydrogen-bond acceptors (Lipinski definition) is 3. The predicted molar refractivity (Wildman–Crippen MR) is 116 cm³/mol. The molecule has 2 atom stereocenters. The number of carbonyl (C=O) groups is 2. The molecule has 2 aliphatic rings. The highest BCUT2D eigenvalue weighted by molar-refractivity contribution is 5.97. The molecule has 3 aromatic rings. The molecular formula is C27H24O3. The first-order chi connectivity index (χ1) is 14.5. The van der Waals surface area contributed by atoms with Gasteiger partial charge in [-0.3, -0.25) is 9.59 Å². The molecule has 150 valence electrons. The van der Waals surface area contributed by atoms with Crippen LogP contribution < -0.4 is 4.74 Å². The molecule has 1 spiro atoms. The number of ketones is 1. The van der Waals surface area contributed by atoms with E-state index in [1.165, 1.54) is 0 Å². The van der Waals surface area contributed by atoms with Crippen LogP contribution >= 0.6 is 0 Å². The van der Waals surface area contributed by atoms with Gasteiger partial charge in [0, 0.05) is 30.2 Å². The van der Waals surface area contributed by atoms with Crippen LogP contribution in [0, 0.1) is 13.8 Å². The lowest BCUT2D eigenvalue weighted by molar-refractivity contribution is -0.142. The van der Waals surface area contributed by atoms with Gasteiger partial charge in [0.25, 0.3) is 0 Å². The van der Waals surface area contributed by atoms with E-state index in [0.29, 0.717) is 18.6 Å². The van der Waals surface area contributed by atoms with E-state index < -0.39 is 5.41 Å². The predicted octanol–water partition coefficient (Wildman–Crippen LogP) is 5.39. The Morgan fingerprint density at radius 3 is 1.90 bits per heavy atom. The summed E-state index contributed by atoms with van der Waals surface area (Å²) >= 11 is 0. The topological polar surface area (TPSA) is 43.4 Å². The summed E-state index contributed by atoms with van der Waals surface area (Å²) in [4.78, 5) is 26.7. The Morgan fingerprint density at radius 2 is 1.33 bits per heavy atom. The van der Waals surface area contributed by atoms with Gasteiger partial charge < -0.3 is 4.74 Å². The largest absolute Gasteiger partial charge is 0.426 e. The zero-order chi connectivity index (χ0) is 20.9. The zero-order valence-electron chi connectivity index (χ0n) is 17.2. The van der Waals surface area contributed by atoms with E-state index in [1.807, 2.05) is 74.5 Å². The molecule has 0 saturated heterocycles. The van der Waals surface area contributed by atoms with Crippen molar-refractivity contribution in [2.75, 3.05) is 0 Å². The van der Waals surface area contributed by atoms with Crippen molar-refractivity contribution in [2.24, 2.45) is 0 Å². The first-order valence-corrected chi connectivity index (χ1v) is 10.5. The third kappa shape index (κ3) is 2.72. The number of fused-ring (bicyclic) bond motifs is 2. The van der Waals surface area contributed by atoms with Crippen LogP contribution in [0.25, 0.3) is 0 Å². The van der Waals surface area contributed by atoms with Crippen LogP contribution in [-0.4, -0.2) is 11.8 Å². The highest BCUT2D eigenvalue weighted by Gasteiger charge is 2.62.